The molecule has 1 aliphatic carbocycles. The summed E-state index contributed by atoms with van der Waals surface area (Å²) in [5.74, 6) is 0. The molecule has 186 valence electrons. The molecular weight excluding hydrogens is 558 g/mol. The first-order valence-corrected chi connectivity index (χ1v) is 14.9. The van der Waals surface area contributed by atoms with Crippen LogP contribution in [-0.4, -0.2) is 0 Å². The van der Waals surface area contributed by atoms with E-state index in [2.05, 4.69) is 135 Å². The van der Waals surface area contributed by atoms with Gasteiger partial charge in [0.15, 0.2) is 0 Å². The van der Waals surface area contributed by atoms with Crippen molar-refractivity contribution in [2.45, 2.75) is 13.8 Å². The molecule has 1 heterocycles. The van der Waals surface area contributed by atoms with Crippen molar-refractivity contribution in [2.75, 3.05) is 0 Å². The van der Waals surface area contributed by atoms with Crippen molar-refractivity contribution in [2.24, 2.45) is 0 Å². The summed E-state index contributed by atoms with van der Waals surface area (Å²) < 4.78 is 3.24. The first kappa shape index (κ1) is 28.4. The van der Waals surface area contributed by atoms with Gasteiger partial charge in [-0.15, -0.1) is 0 Å². The number of rotatable bonds is 5. The Balaban J connectivity index is 0.00000168. The number of allylic oxidation sites excluding steroid dienone is 2. The summed E-state index contributed by atoms with van der Waals surface area (Å²) in [6, 6.07) is 42.1. The van der Waals surface area contributed by atoms with Crippen LogP contribution in [0.5, 0.6) is 0 Å². The Kier molecular flexibility index (Phi) is 9.38. The first-order valence-electron chi connectivity index (χ1n) is 12.4. The predicted octanol–water partition coefficient (Wildman–Crippen LogP) is 1.37. The molecule has 0 amide bonds. The minimum Gasteiger partial charge on any atom is -1.00 e. The maximum Gasteiger partial charge on any atom is -1.00 e. The smallest absolute Gasteiger partial charge is 1.00 e. The normalized spacial score (nSPS) is 11.7. The van der Waals surface area contributed by atoms with Gasteiger partial charge in [0, 0.05) is 0 Å². The summed E-state index contributed by atoms with van der Waals surface area (Å²) in [5.41, 5.74) is 9.74. The van der Waals surface area contributed by atoms with E-state index in [1.165, 1.54) is 54.7 Å². The van der Waals surface area contributed by atoms with Gasteiger partial charge in [0.05, 0.1) is 0 Å². The van der Waals surface area contributed by atoms with Crippen LogP contribution in [0.15, 0.2) is 126 Å². The zero-order valence-corrected chi connectivity index (χ0v) is 25.4. The van der Waals surface area contributed by atoms with Gasteiger partial charge in [-0.1, -0.05) is 0 Å². The third-order valence-corrected chi connectivity index (χ3v) is 11.2. The Morgan fingerprint density at radius 1 is 0.579 bits per heavy atom. The van der Waals surface area contributed by atoms with Crippen molar-refractivity contribution in [3.05, 3.63) is 137 Å². The summed E-state index contributed by atoms with van der Waals surface area (Å²) in [5, 5.41) is 4.29. The van der Waals surface area contributed by atoms with Crippen LogP contribution >= 0.6 is 8.19 Å². The van der Waals surface area contributed by atoms with Gasteiger partial charge in [-0.2, -0.15) is 0 Å². The molecule has 4 heteroatoms. The molecule has 6 rings (SSSR count). The molecule has 0 N–H and O–H groups in total. The van der Waals surface area contributed by atoms with E-state index in [0.717, 1.165) is 0 Å². The molecule has 1 unspecified atom stereocenters. The second kappa shape index (κ2) is 12.5. The molecule has 1 aromatic heterocycles. The minimum absolute atomic E-state index is 0. The molecule has 0 saturated heterocycles. The fourth-order valence-corrected chi connectivity index (χ4v) is 10.2. The van der Waals surface area contributed by atoms with Crippen molar-refractivity contribution in [3.8, 4) is 33.1 Å². The summed E-state index contributed by atoms with van der Waals surface area (Å²) in [4.78, 5) is 0. The average Bonchev–Trinajstić information content (AvgIpc) is 3.50. The fourth-order valence-electron chi connectivity index (χ4n) is 5.08. The summed E-state index contributed by atoms with van der Waals surface area (Å²) in [7, 11) is 0.685. The van der Waals surface area contributed by atoms with Crippen molar-refractivity contribution >= 4 is 21.7 Å². The maximum absolute atomic E-state index is 2.41. The van der Waals surface area contributed by atoms with Crippen LogP contribution in [-0.2, 0) is 19.2 Å². The van der Waals surface area contributed by atoms with Crippen LogP contribution in [0.3, 0.4) is 0 Å². The van der Waals surface area contributed by atoms with Gasteiger partial charge in [0.2, 0.25) is 0 Å². The van der Waals surface area contributed by atoms with E-state index in [1.807, 2.05) is 0 Å². The van der Waals surface area contributed by atoms with Crippen molar-refractivity contribution in [3.63, 3.8) is 0 Å². The number of benzene rings is 4. The predicted molar refractivity (Wildman–Crippen MR) is 154 cm³/mol. The third kappa shape index (κ3) is 5.44. The quantitative estimate of drug-likeness (QED) is 0.274. The van der Waals surface area contributed by atoms with Crippen LogP contribution in [0, 0.1) is 0 Å². The summed E-state index contributed by atoms with van der Waals surface area (Å²) in [6.07, 6.45) is 2.41. The Bertz CT molecular complexity index is 1700. The van der Waals surface area contributed by atoms with Crippen LogP contribution in [0.2, 0.25) is 0 Å². The number of hydrogen-bond donors (Lipinski definition) is 0. The first-order chi connectivity index (χ1) is 17.7. The van der Waals surface area contributed by atoms with Gasteiger partial charge in [-0.25, -0.2) is 0 Å². The van der Waals surface area contributed by atoms with Gasteiger partial charge in [-0.3, -0.25) is 0 Å². The molecule has 0 radical (unpaired) electrons. The monoisotopic (exact) mass is 584 g/mol. The Morgan fingerprint density at radius 2 is 1.08 bits per heavy atom. The van der Waals surface area contributed by atoms with Crippen LogP contribution in [0.4, 0.5) is 0 Å². The van der Waals surface area contributed by atoms with E-state index in [4.69, 9.17) is 0 Å². The number of hydrogen-bond acceptors (Lipinski definition) is 0. The molecule has 38 heavy (non-hydrogen) atoms. The average molecular weight is 585 g/mol. The van der Waals surface area contributed by atoms with E-state index >= 15 is 0 Å². The molecule has 0 bridgehead atoms. The van der Waals surface area contributed by atoms with Gasteiger partial charge in [0.25, 0.3) is 0 Å². The Labute approximate surface area is 248 Å². The topological polar surface area (TPSA) is 0 Å². The molecular formula is C34H27Cl2PTi. The van der Waals surface area contributed by atoms with E-state index < -0.39 is 19.2 Å². The molecule has 1 atom stereocenters. The minimum atomic E-state index is -0.553. The summed E-state index contributed by atoms with van der Waals surface area (Å²) in [6.45, 7) is 4.52. The van der Waals surface area contributed by atoms with Crippen molar-refractivity contribution < 1.29 is 44.0 Å². The Hall–Kier alpha value is -2.57. The zero-order chi connectivity index (χ0) is 24.5. The SMILES string of the molecule is CC(C)=C1C=c2ccccc2=[C]1[Ti+2][c]1[pH]c(-c2ccccc2)c(-c2ccccc2)c1-c1ccccc1.[Cl-].[Cl-]. The van der Waals surface area contributed by atoms with Crippen LogP contribution < -0.4 is 38.9 Å². The van der Waals surface area contributed by atoms with Crippen LogP contribution in [0.1, 0.15) is 13.8 Å². The molecule has 0 spiro atoms. The van der Waals surface area contributed by atoms with Crippen molar-refractivity contribution in [1.29, 1.82) is 0 Å². The number of fused-ring (bicyclic) bond motifs is 1. The van der Waals surface area contributed by atoms with Crippen LogP contribution in [0.25, 0.3) is 43.1 Å². The molecule has 0 aliphatic heterocycles. The van der Waals surface area contributed by atoms with Gasteiger partial charge >= 0.3 is 225 Å². The maximum atomic E-state index is 2.41. The van der Waals surface area contributed by atoms with Gasteiger partial charge < -0.3 is 24.8 Å². The molecule has 5 aromatic rings. The standard InChI is InChI=1S/C22H16P.C12H11.2ClH.Ti/c1-4-10-17(11-5-1)20-16-23-22(19-14-8-3-9-15-19)21(20)18-12-6-2-7-13-18;1-9(2)12-7-10-5-3-4-6-11(10)8-12;;;/h1-15,23H;3-7H,1-2H3;2*1H;/q;;;;+2/p-2. The Morgan fingerprint density at radius 3 is 1.66 bits per heavy atom. The van der Waals surface area contributed by atoms with E-state index in [-0.39, 0.29) is 24.8 Å². The third-order valence-electron chi connectivity index (χ3n) is 6.78. The number of halogens is 2. The van der Waals surface area contributed by atoms with Gasteiger partial charge in [0.1, 0.15) is 0 Å². The van der Waals surface area contributed by atoms with Crippen molar-refractivity contribution in [1.82, 2.24) is 0 Å². The molecule has 0 saturated carbocycles. The van der Waals surface area contributed by atoms with E-state index in [9.17, 15) is 0 Å². The van der Waals surface area contributed by atoms with Gasteiger partial charge in [-0.05, 0) is 0 Å². The second-order valence-corrected chi connectivity index (χ2v) is 13.4. The largest absolute Gasteiger partial charge is 1.00 e. The molecule has 0 nitrogen and oxygen atoms in total. The van der Waals surface area contributed by atoms with E-state index in [0.29, 0.717) is 8.19 Å². The molecule has 4 aromatic carbocycles. The van der Waals surface area contributed by atoms with E-state index in [1.54, 1.807) is 7.48 Å². The molecule has 0 fully saturated rings. The molecule has 1 aliphatic rings. The second-order valence-electron chi connectivity index (χ2n) is 9.37. The summed E-state index contributed by atoms with van der Waals surface area (Å²) >= 11 is -0.553. The fraction of sp³-hybridized carbons (Fsp3) is 0.0588. The zero-order valence-electron chi connectivity index (χ0n) is 21.3.